The molecule has 0 aromatic heterocycles. The lowest BCUT2D eigenvalue weighted by Gasteiger charge is -1.95. The first-order valence-corrected chi connectivity index (χ1v) is 2.74. The number of hydrogen-bond acceptors (Lipinski definition) is 1. The summed E-state index contributed by atoms with van der Waals surface area (Å²) in [4.78, 5) is 0. The lowest BCUT2D eigenvalue weighted by molar-refractivity contribution is 1.64. The van der Waals surface area contributed by atoms with Crippen molar-refractivity contribution in [1.29, 1.82) is 0 Å². The second kappa shape index (κ2) is 2.35. The van der Waals surface area contributed by atoms with Gasteiger partial charge in [-0.25, -0.2) is 0 Å². The van der Waals surface area contributed by atoms with E-state index in [1.165, 1.54) is 6.08 Å². The van der Waals surface area contributed by atoms with Crippen molar-refractivity contribution in [2.45, 2.75) is 0 Å². The Hall–Kier alpha value is -1.24. The SMILES string of the molecule is [CH]=Cc1ccccc1N. The first-order valence-electron chi connectivity index (χ1n) is 2.74. The van der Waals surface area contributed by atoms with Crippen molar-refractivity contribution < 1.29 is 0 Å². The summed E-state index contributed by atoms with van der Waals surface area (Å²) in [5.41, 5.74) is 7.13. The van der Waals surface area contributed by atoms with Crippen LogP contribution in [0.4, 0.5) is 5.69 Å². The Morgan fingerprint density at radius 1 is 1.33 bits per heavy atom. The van der Waals surface area contributed by atoms with Crippen LogP contribution in [-0.4, -0.2) is 0 Å². The Kier molecular flexibility index (Phi) is 1.54. The van der Waals surface area contributed by atoms with Crippen molar-refractivity contribution >= 4 is 11.8 Å². The number of benzene rings is 1. The maximum Gasteiger partial charge on any atom is 0.0387 e. The maximum absolute atomic E-state index is 5.52. The van der Waals surface area contributed by atoms with E-state index in [0.29, 0.717) is 0 Å². The fourth-order valence-electron chi connectivity index (χ4n) is 0.663. The number of nitrogens with two attached hydrogens (primary N) is 1. The molecule has 0 saturated heterocycles. The summed E-state index contributed by atoms with van der Waals surface area (Å²) in [7, 11) is 0. The predicted molar refractivity (Wildman–Crippen MR) is 39.6 cm³/mol. The summed E-state index contributed by atoms with van der Waals surface area (Å²) in [5.74, 6) is 0. The van der Waals surface area contributed by atoms with Gasteiger partial charge < -0.3 is 5.73 Å². The molecule has 1 rings (SSSR count). The third kappa shape index (κ3) is 1.11. The fraction of sp³-hybridized carbons (Fsp3) is 0. The molecule has 0 atom stereocenters. The molecule has 1 nitrogen and oxygen atoms in total. The average Bonchev–Trinajstić information content (AvgIpc) is 1.89. The summed E-state index contributed by atoms with van der Waals surface area (Å²) < 4.78 is 0. The summed E-state index contributed by atoms with van der Waals surface area (Å²) >= 11 is 0. The molecule has 0 heterocycles. The normalized spacial score (nSPS) is 8.89. The molecule has 2 N–H and O–H groups in total. The van der Waals surface area contributed by atoms with Gasteiger partial charge in [0.25, 0.3) is 0 Å². The zero-order valence-corrected chi connectivity index (χ0v) is 5.04. The molecule has 0 saturated carbocycles. The minimum atomic E-state index is 0.722. The van der Waals surface area contributed by atoms with E-state index in [-0.39, 0.29) is 0 Å². The molecule has 9 heavy (non-hydrogen) atoms. The monoisotopic (exact) mass is 118 g/mol. The zero-order valence-electron chi connectivity index (χ0n) is 5.04. The van der Waals surface area contributed by atoms with Gasteiger partial charge in [0.05, 0.1) is 0 Å². The first-order chi connectivity index (χ1) is 4.34. The molecule has 0 bridgehead atoms. The minimum absolute atomic E-state index is 0.722. The zero-order chi connectivity index (χ0) is 6.69. The van der Waals surface area contributed by atoms with E-state index in [1.54, 1.807) is 0 Å². The van der Waals surface area contributed by atoms with Crippen LogP contribution in [0.2, 0.25) is 0 Å². The van der Waals surface area contributed by atoms with E-state index in [2.05, 4.69) is 0 Å². The van der Waals surface area contributed by atoms with Crippen LogP contribution in [-0.2, 0) is 0 Å². The highest BCUT2D eigenvalue weighted by Crippen LogP contribution is 2.10. The fourth-order valence-corrected chi connectivity index (χ4v) is 0.663. The molecule has 0 unspecified atom stereocenters. The van der Waals surface area contributed by atoms with Crippen LogP contribution in [0.1, 0.15) is 5.56 Å². The van der Waals surface area contributed by atoms with Gasteiger partial charge in [0.2, 0.25) is 0 Å². The molecule has 1 radical (unpaired) electrons. The van der Waals surface area contributed by atoms with Crippen LogP contribution < -0.4 is 5.73 Å². The largest absolute Gasteiger partial charge is 0.398 e. The van der Waals surface area contributed by atoms with Crippen LogP contribution >= 0.6 is 0 Å². The molecule has 1 aromatic carbocycles. The molecular formula is C8H8N. The molecule has 1 heteroatoms. The molecule has 0 spiro atoms. The van der Waals surface area contributed by atoms with E-state index >= 15 is 0 Å². The number of rotatable bonds is 1. The Balaban J connectivity index is 3.15. The second-order valence-electron chi connectivity index (χ2n) is 1.80. The molecule has 0 aliphatic heterocycles. The number of para-hydroxylation sites is 1. The Bertz CT molecular complexity index is 216. The first kappa shape index (κ1) is 5.89. The van der Waals surface area contributed by atoms with Crippen LogP contribution in [0.3, 0.4) is 0 Å². The van der Waals surface area contributed by atoms with Gasteiger partial charge in [-0.05, 0) is 11.6 Å². The lowest BCUT2D eigenvalue weighted by Crippen LogP contribution is -1.86. The van der Waals surface area contributed by atoms with Crippen LogP contribution in [0, 0.1) is 6.58 Å². The molecular weight excluding hydrogens is 110 g/mol. The van der Waals surface area contributed by atoms with Gasteiger partial charge in [0.15, 0.2) is 0 Å². The van der Waals surface area contributed by atoms with Crippen LogP contribution in [0.5, 0.6) is 0 Å². The van der Waals surface area contributed by atoms with Crippen molar-refractivity contribution in [2.75, 3.05) is 5.73 Å². The summed E-state index contributed by atoms with van der Waals surface area (Å²) in [6, 6.07) is 7.46. The average molecular weight is 118 g/mol. The highest BCUT2D eigenvalue weighted by molar-refractivity contribution is 5.61. The van der Waals surface area contributed by atoms with Crippen LogP contribution in [0.15, 0.2) is 24.3 Å². The van der Waals surface area contributed by atoms with Gasteiger partial charge >= 0.3 is 0 Å². The van der Waals surface area contributed by atoms with E-state index in [9.17, 15) is 0 Å². The van der Waals surface area contributed by atoms with E-state index in [0.717, 1.165) is 11.3 Å². The number of nitrogen functional groups attached to an aromatic ring is 1. The third-order valence-corrected chi connectivity index (χ3v) is 1.18. The maximum atomic E-state index is 5.52. The lowest BCUT2D eigenvalue weighted by atomic mass is 10.2. The highest BCUT2D eigenvalue weighted by Gasteiger charge is 1.87. The van der Waals surface area contributed by atoms with Gasteiger partial charge in [-0.1, -0.05) is 30.9 Å². The smallest absolute Gasteiger partial charge is 0.0387 e. The highest BCUT2D eigenvalue weighted by atomic mass is 14.5. The Labute approximate surface area is 54.8 Å². The van der Waals surface area contributed by atoms with E-state index < -0.39 is 0 Å². The topological polar surface area (TPSA) is 26.0 Å². The van der Waals surface area contributed by atoms with Crippen molar-refractivity contribution in [3.8, 4) is 0 Å². The van der Waals surface area contributed by atoms with Gasteiger partial charge in [0.1, 0.15) is 0 Å². The van der Waals surface area contributed by atoms with Crippen molar-refractivity contribution in [3.63, 3.8) is 0 Å². The third-order valence-electron chi connectivity index (χ3n) is 1.18. The summed E-state index contributed by atoms with van der Waals surface area (Å²) in [6.07, 6.45) is 1.50. The van der Waals surface area contributed by atoms with Gasteiger partial charge in [-0.15, -0.1) is 0 Å². The van der Waals surface area contributed by atoms with Gasteiger partial charge in [-0.3, -0.25) is 0 Å². The second-order valence-corrected chi connectivity index (χ2v) is 1.80. The summed E-state index contributed by atoms with van der Waals surface area (Å²) in [6.45, 7) is 5.25. The van der Waals surface area contributed by atoms with Crippen molar-refractivity contribution in [2.24, 2.45) is 0 Å². The molecule has 1 aromatic rings. The molecule has 45 valence electrons. The van der Waals surface area contributed by atoms with Crippen molar-refractivity contribution in [3.05, 3.63) is 36.4 Å². The quantitative estimate of drug-likeness (QED) is 0.558. The van der Waals surface area contributed by atoms with Gasteiger partial charge in [0, 0.05) is 5.69 Å². The molecule has 0 aliphatic carbocycles. The molecule has 0 fully saturated rings. The standard InChI is InChI=1S/C8H8N/c1-2-7-5-3-4-6-8(7)9/h1-6H,9H2. The Morgan fingerprint density at radius 3 is 2.44 bits per heavy atom. The predicted octanol–water partition coefficient (Wildman–Crippen LogP) is 1.71. The van der Waals surface area contributed by atoms with Gasteiger partial charge in [-0.2, -0.15) is 0 Å². The van der Waals surface area contributed by atoms with Crippen LogP contribution in [0.25, 0.3) is 6.08 Å². The van der Waals surface area contributed by atoms with E-state index in [1.807, 2.05) is 24.3 Å². The van der Waals surface area contributed by atoms with E-state index in [4.69, 9.17) is 12.3 Å². The molecule has 0 amide bonds. The van der Waals surface area contributed by atoms with Crippen molar-refractivity contribution in [1.82, 2.24) is 0 Å². The minimum Gasteiger partial charge on any atom is -0.398 e. The number of anilines is 1. The Morgan fingerprint density at radius 2 is 2.00 bits per heavy atom. The number of hydrogen-bond donors (Lipinski definition) is 1. The molecule has 0 aliphatic rings. The summed E-state index contributed by atoms with van der Waals surface area (Å²) in [5, 5.41) is 0.